The van der Waals surface area contributed by atoms with Crippen LogP contribution in [0, 0.1) is 5.92 Å². The molecule has 0 radical (unpaired) electrons. The Morgan fingerprint density at radius 1 is 1.10 bits per heavy atom. The summed E-state index contributed by atoms with van der Waals surface area (Å²) in [4.78, 5) is 13.9. The number of nitrogens with one attached hydrogen (secondary N) is 2. The molecule has 2 aromatic carbocycles. The van der Waals surface area contributed by atoms with E-state index in [4.69, 9.17) is 14.2 Å². The first-order valence-corrected chi connectivity index (χ1v) is 10.6. The van der Waals surface area contributed by atoms with Gasteiger partial charge >= 0.3 is 0 Å². The summed E-state index contributed by atoms with van der Waals surface area (Å²) in [5, 5.41) is 3.21. The van der Waals surface area contributed by atoms with Crippen molar-refractivity contribution >= 4 is 5.91 Å². The lowest BCUT2D eigenvalue weighted by Crippen LogP contribution is -3.08. The Balaban J connectivity index is 1.61. The van der Waals surface area contributed by atoms with Crippen molar-refractivity contribution in [3.05, 3.63) is 53.6 Å². The molecule has 3 rings (SSSR count). The van der Waals surface area contributed by atoms with Gasteiger partial charge in [-0.05, 0) is 47.9 Å². The van der Waals surface area contributed by atoms with Gasteiger partial charge in [0.2, 0.25) is 0 Å². The number of rotatable bonds is 8. The maximum atomic E-state index is 12.8. The van der Waals surface area contributed by atoms with E-state index in [9.17, 15) is 4.79 Å². The minimum Gasteiger partial charge on any atom is -0.497 e. The van der Waals surface area contributed by atoms with E-state index in [1.807, 2.05) is 49.5 Å². The van der Waals surface area contributed by atoms with Gasteiger partial charge in [-0.2, -0.15) is 0 Å². The summed E-state index contributed by atoms with van der Waals surface area (Å²) in [7, 11) is 3.69. The van der Waals surface area contributed by atoms with Crippen LogP contribution in [-0.2, 0) is 11.3 Å². The predicted octanol–water partition coefficient (Wildman–Crippen LogP) is 2.38. The third kappa shape index (κ3) is 5.89. The Bertz CT molecular complexity index is 836. The van der Waals surface area contributed by atoms with Crippen LogP contribution in [0.15, 0.2) is 42.5 Å². The fourth-order valence-corrected chi connectivity index (χ4v) is 3.66. The van der Waals surface area contributed by atoms with Crippen LogP contribution in [0.1, 0.15) is 37.4 Å². The van der Waals surface area contributed by atoms with Crippen LogP contribution in [0.2, 0.25) is 0 Å². The fourth-order valence-electron chi connectivity index (χ4n) is 3.66. The van der Waals surface area contributed by atoms with E-state index < -0.39 is 0 Å². The van der Waals surface area contributed by atoms with Gasteiger partial charge in [-0.3, -0.25) is 4.79 Å². The fraction of sp³-hybridized carbons (Fsp3) is 0.458. The van der Waals surface area contributed by atoms with Gasteiger partial charge in [0.1, 0.15) is 12.3 Å². The maximum absolute atomic E-state index is 12.8. The van der Waals surface area contributed by atoms with Gasteiger partial charge in [0.25, 0.3) is 5.91 Å². The Morgan fingerprint density at radius 2 is 1.80 bits per heavy atom. The standard InChI is InChI=1S/C24H32N2O4/c1-17(2)24(19-8-11-21-22(14-19)30-13-5-12-29-21)25-23(27)16-26(3)15-18-6-9-20(28-4)10-7-18/h6-11,14,17,24H,5,12-13,15-16H2,1-4H3,(H,25,27)/p+1/t24-/m1/s1. The van der Waals surface area contributed by atoms with Crippen LogP contribution in [0.4, 0.5) is 0 Å². The van der Waals surface area contributed by atoms with Gasteiger partial charge in [-0.15, -0.1) is 0 Å². The number of carbonyl (C=O) groups excluding carboxylic acids is 1. The predicted molar refractivity (Wildman–Crippen MR) is 116 cm³/mol. The first-order chi connectivity index (χ1) is 14.5. The zero-order chi connectivity index (χ0) is 21.5. The van der Waals surface area contributed by atoms with E-state index in [2.05, 4.69) is 19.2 Å². The molecule has 1 unspecified atom stereocenters. The third-order valence-electron chi connectivity index (χ3n) is 5.24. The molecule has 6 heteroatoms. The number of quaternary nitrogens is 1. The molecule has 1 amide bonds. The van der Waals surface area contributed by atoms with Gasteiger partial charge in [-0.1, -0.05) is 19.9 Å². The van der Waals surface area contributed by atoms with Gasteiger partial charge in [-0.25, -0.2) is 0 Å². The summed E-state index contributed by atoms with van der Waals surface area (Å²) < 4.78 is 16.7. The smallest absolute Gasteiger partial charge is 0.275 e. The monoisotopic (exact) mass is 413 g/mol. The van der Waals surface area contributed by atoms with Crippen molar-refractivity contribution in [2.45, 2.75) is 32.9 Å². The SMILES string of the molecule is COc1ccc(C[NH+](C)CC(=O)N[C@@H](c2ccc3c(c2)OCCCO3)C(C)C)cc1. The van der Waals surface area contributed by atoms with Gasteiger partial charge < -0.3 is 24.4 Å². The number of fused-ring (bicyclic) bond motifs is 1. The van der Waals surface area contributed by atoms with Gasteiger partial charge in [0.15, 0.2) is 18.0 Å². The average molecular weight is 414 g/mol. The zero-order valence-electron chi connectivity index (χ0n) is 18.4. The molecule has 0 spiro atoms. The summed E-state index contributed by atoms with van der Waals surface area (Å²) in [6.45, 7) is 6.71. The van der Waals surface area contributed by atoms with E-state index in [1.165, 1.54) is 5.56 Å². The molecule has 2 atom stereocenters. The molecule has 1 aliphatic rings. The van der Waals surface area contributed by atoms with Crippen molar-refractivity contribution in [2.24, 2.45) is 5.92 Å². The highest BCUT2D eigenvalue weighted by Gasteiger charge is 2.22. The van der Waals surface area contributed by atoms with Crippen LogP contribution >= 0.6 is 0 Å². The highest BCUT2D eigenvalue weighted by atomic mass is 16.5. The van der Waals surface area contributed by atoms with Crippen molar-refractivity contribution in [2.75, 3.05) is 33.9 Å². The molecular weight excluding hydrogens is 380 g/mol. The van der Waals surface area contributed by atoms with Crippen molar-refractivity contribution < 1.29 is 23.9 Å². The number of benzene rings is 2. The second-order valence-electron chi connectivity index (χ2n) is 8.20. The molecule has 0 aromatic heterocycles. The second-order valence-corrected chi connectivity index (χ2v) is 8.20. The second kappa shape index (κ2) is 10.3. The quantitative estimate of drug-likeness (QED) is 0.698. The third-order valence-corrected chi connectivity index (χ3v) is 5.24. The van der Waals surface area contributed by atoms with Crippen molar-refractivity contribution in [1.29, 1.82) is 0 Å². The van der Waals surface area contributed by atoms with Crippen molar-refractivity contribution in [1.82, 2.24) is 5.32 Å². The topological polar surface area (TPSA) is 61.2 Å². The van der Waals surface area contributed by atoms with Gasteiger partial charge in [0.05, 0.1) is 33.4 Å². The molecule has 2 N–H and O–H groups in total. The van der Waals surface area contributed by atoms with E-state index in [1.54, 1.807) is 7.11 Å². The molecule has 0 aliphatic carbocycles. The molecule has 2 aromatic rings. The Kier molecular flexibility index (Phi) is 7.57. The summed E-state index contributed by atoms with van der Waals surface area (Å²) in [5.41, 5.74) is 2.21. The minimum absolute atomic E-state index is 0.0341. The van der Waals surface area contributed by atoms with Crippen molar-refractivity contribution in [3.8, 4) is 17.2 Å². The largest absolute Gasteiger partial charge is 0.497 e. The lowest BCUT2D eigenvalue weighted by atomic mass is 9.95. The normalized spacial score (nSPS) is 15.2. The van der Waals surface area contributed by atoms with E-state index >= 15 is 0 Å². The zero-order valence-corrected chi connectivity index (χ0v) is 18.4. The molecule has 30 heavy (non-hydrogen) atoms. The number of likely N-dealkylation sites (N-methyl/N-ethyl adjacent to an activating group) is 1. The molecule has 162 valence electrons. The molecule has 0 saturated carbocycles. The van der Waals surface area contributed by atoms with Crippen LogP contribution in [0.5, 0.6) is 17.2 Å². The summed E-state index contributed by atoms with van der Waals surface area (Å²) >= 11 is 0. The lowest BCUT2D eigenvalue weighted by molar-refractivity contribution is -0.885. The molecule has 0 bridgehead atoms. The summed E-state index contributed by atoms with van der Waals surface area (Å²) in [5.74, 6) is 2.65. The van der Waals surface area contributed by atoms with E-state index in [0.29, 0.717) is 19.8 Å². The Labute approximate surface area is 179 Å². The van der Waals surface area contributed by atoms with Crippen LogP contribution in [-0.4, -0.2) is 39.8 Å². The number of amides is 1. The van der Waals surface area contributed by atoms with Crippen LogP contribution < -0.4 is 24.4 Å². The highest BCUT2D eigenvalue weighted by molar-refractivity contribution is 5.77. The summed E-state index contributed by atoms with van der Waals surface area (Å²) in [6.07, 6.45) is 0.873. The number of carbonyl (C=O) groups is 1. The summed E-state index contributed by atoms with van der Waals surface area (Å²) in [6, 6.07) is 13.8. The molecule has 1 aliphatic heterocycles. The number of ether oxygens (including phenoxy) is 3. The number of hydrogen-bond acceptors (Lipinski definition) is 4. The van der Waals surface area contributed by atoms with Crippen LogP contribution in [0.3, 0.4) is 0 Å². The van der Waals surface area contributed by atoms with Crippen LogP contribution in [0.25, 0.3) is 0 Å². The Morgan fingerprint density at radius 3 is 2.47 bits per heavy atom. The molecule has 0 fully saturated rings. The lowest BCUT2D eigenvalue weighted by Gasteiger charge is -2.24. The Hall–Kier alpha value is -2.73. The van der Waals surface area contributed by atoms with Crippen molar-refractivity contribution in [3.63, 3.8) is 0 Å². The average Bonchev–Trinajstić information content (AvgIpc) is 2.97. The molecule has 1 heterocycles. The molecular formula is C24H33N2O4+. The maximum Gasteiger partial charge on any atom is 0.275 e. The number of methoxy groups -OCH3 is 1. The number of hydrogen-bond donors (Lipinski definition) is 2. The minimum atomic E-state index is -0.0801. The van der Waals surface area contributed by atoms with E-state index in [-0.39, 0.29) is 17.9 Å². The molecule has 6 nitrogen and oxygen atoms in total. The first-order valence-electron chi connectivity index (χ1n) is 10.6. The first kappa shape index (κ1) is 22.0. The van der Waals surface area contributed by atoms with Gasteiger partial charge in [0, 0.05) is 12.0 Å². The highest BCUT2D eigenvalue weighted by Crippen LogP contribution is 2.34. The van der Waals surface area contributed by atoms with E-state index in [0.717, 1.165) is 40.7 Å². The molecule has 0 saturated heterocycles.